The first kappa shape index (κ1) is 20.2. The minimum atomic E-state index is -1.32. The summed E-state index contributed by atoms with van der Waals surface area (Å²) >= 11 is 3.38. The Hall–Kier alpha value is -2.54. The number of rotatable bonds is 5. The Morgan fingerprint density at radius 3 is 2.21 bits per heavy atom. The van der Waals surface area contributed by atoms with Gasteiger partial charge in [-0.1, -0.05) is 28.1 Å². The normalized spacial score (nSPS) is 14.7. The van der Waals surface area contributed by atoms with Gasteiger partial charge in [-0.3, -0.25) is 4.79 Å². The van der Waals surface area contributed by atoms with Gasteiger partial charge in [0.25, 0.3) is 5.91 Å². The minimum absolute atomic E-state index is 0.0173. The lowest BCUT2D eigenvalue weighted by Crippen LogP contribution is -2.49. The van der Waals surface area contributed by atoms with Gasteiger partial charge in [0.1, 0.15) is 5.75 Å². The molecule has 0 unspecified atom stereocenters. The molecule has 28 heavy (non-hydrogen) atoms. The molecule has 6 nitrogen and oxygen atoms in total. The molecular formula is C21H23BrN2O4. The van der Waals surface area contributed by atoms with E-state index < -0.39 is 11.6 Å². The number of ether oxygens (including phenoxy) is 1. The molecule has 1 amide bonds. The number of halogens is 1. The highest BCUT2D eigenvalue weighted by atomic mass is 79.9. The number of amides is 1. The molecule has 1 saturated heterocycles. The van der Waals surface area contributed by atoms with Crippen molar-refractivity contribution in [2.24, 2.45) is 0 Å². The van der Waals surface area contributed by atoms with Gasteiger partial charge < -0.3 is 19.6 Å². The first-order valence-corrected chi connectivity index (χ1v) is 9.88. The zero-order valence-corrected chi connectivity index (χ0v) is 17.5. The number of aliphatic carboxylic acids is 1. The monoisotopic (exact) mass is 446 g/mol. The summed E-state index contributed by atoms with van der Waals surface area (Å²) in [6.45, 7) is 5.53. The van der Waals surface area contributed by atoms with Crippen LogP contribution in [0.15, 0.2) is 53.0 Å². The molecule has 3 rings (SSSR count). The van der Waals surface area contributed by atoms with E-state index >= 15 is 0 Å². The molecule has 148 valence electrons. The number of para-hydroxylation sites is 2. The van der Waals surface area contributed by atoms with Crippen LogP contribution in [0.5, 0.6) is 5.75 Å². The van der Waals surface area contributed by atoms with Crippen molar-refractivity contribution in [2.75, 3.05) is 31.1 Å². The average molecular weight is 447 g/mol. The van der Waals surface area contributed by atoms with Gasteiger partial charge in [0, 0.05) is 36.2 Å². The lowest BCUT2D eigenvalue weighted by atomic mass is 10.1. The number of carboxylic acid groups (broad SMARTS) is 1. The fraction of sp³-hybridized carbons (Fsp3) is 0.333. The van der Waals surface area contributed by atoms with Crippen LogP contribution >= 0.6 is 15.9 Å². The molecule has 2 aromatic rings. The molecule has 1 heterocycles. The predicted molar refractivity (Wildman–Crippen MR) is 111 cm³/mol. The van der Waals surface area contributed by atoms with Gasteiger partial charge >= 0.3 is 5.97 Å². The molecule has 0 radical (unpaired) electrons. The van der Waals surface area contributed by atoms with Crippen LogP contribution in [-0.2, 0) is 4.79 Å². The molecule has 1 fully saturated rings. The van der Waals surface area contributed by atoms with E-state index in [2.05, 4.69) is 20.8 Å². The number of anilines is 1. The van der Waals surface area contributed by atoms with Gasteiger partial charge in [0.05, 0.1) is 5.69 Å². The Balaban J connectivity index is 1.69. The van der Waals surface area contributed by atoms with E-state index in [1.165, 1.54) is 13.8 Å². The number of carbonyl (C=O) groups excluding carboxylic acids is 1. The van der Waals surface area contributed by atoms with Crippen LogP contribution in [0.25, 0.3) is 0 Å². The third-order valence-electron chi connectivity index (χ3n) is 4.74. The molecule has 0 saturated carbocycles. The van der Waals surface area contributed by atoms with E-state index in [1.54, 1.807) is 6.07 Å². The maximum Gasteiger partial charge on any atom is 0.347 e. The Bertz CT molecular complexity index is 859. The van der Waals surface area contributed by atoms with E-state index in [9.17, 15) is 14.7 Å². The van der Waals surface area contributed by atoms with E-state index in [-0.39, 0.29) is 5.91 Å². The van der Waals surface area contributed by atoms with Gasteiger partial charge in [-0.25, -0.2) is 4.79 Å². The second-order valence-corrected chi connectivity index (χ2v) is 8.09. The molecule has 1 N–H and O–H groups in total. The standard InChI is InChI=1S/C21H23BrN2O4/c1-21(2,20(26)27)28-18-6-4-3-5-17(18)23-11-13-24(14-12-23)19(25)15-7-9-16(22)10-8-15/h3-10H,11-14H2,1-2H3,(H,26,27). The van der Waals surface area contributed by atoms with Crippen molar-refractivity contribution in [1.29, 1.82) is 0 Å². The van der Waals surface area contributed by atoms with Crippen molar-refractivity contribution in [3.8, 4) is 5.75 Å². The van der Waals surface area contributed by atoms with Crippen LogP contribution in [0, 0.1) is 0 Å². The number of carboxylic acids is 1. The summed E-state index contributed by atoms with van der Waals surface area (Å²) in [7, 11) is 0. The number of carbonyl (C=O) groups is 2. The lowest BCUT2D eigenvalue weighted by molar-refractivity contribution is -0.152. The Kier molecular flexibility index (Phi) is 5.93. The molecule has 0 bridgehead atoms. The van der Waals surface area contributed by atoms with Gasteiger partial charge in [0.2, 0.25) is 0 Å². The summed E-state index contributed by atoms with van der Waals surface area (Å²) in [6, 6.07) is 14.8. The van der Waals surface area contributed by atoms with Crippen molar-refractivity contribution in [2.45, 2.75) is 19.4 Å². The van der Waals surface area contributed by atoms with Crippen LogP contribution in [0.2, 0.25) is 0 Å². The van der Waals surface area contributed by atoms with Crippen LogP contribution in [0.3, 0.4) is 0 Å². The fourth-order valence-electron chi connectivity index (χ4n) is 3.05. The average Bonchev–Trinajstić information content (AvgIpc) is 2.68. The van der Waals surface area contributed by atoms with Crippen LogP contribution in [-0.4, -0.2) is 53.7 Å². The quantitative estimate of drug-likeness (QED) is 0.758. The minimum Gasteiger partial charge on any atom is -0.478 e. The van der Waals surface area contributed by atoms with E-state index in [4.69, 9.17) is 4.74 Å². The van der Waals surface area contributed by atoms with Gasteiger partial charge in [-0.2, -0.15) is 0 Å². The molecule has 1 aliphatic heterocycles. The highest BCUT2D eigenvalue weighted by Crippen LogP contribution is 2.32. The summed E-state index contributed by atoms with van der Waals surface area (Å²) < 4.78 is 6.72. The zero-order valence-electron chi connectivity index (χ0n) is 15.9. The second-order valence-electron chi connectivity index (χ2n) is 7.17. The van der Waals surface area contributed by atoms with Crippen molar-refractivity contribution in [3.63, 3.8) is 0 Å². The van der Waals surface area contributed by atoms with E-state index in [1.807, 2.05) is 47.4 Å². The number of benzene rings is 2. The van der Waals surface area contributed by atoms with Gasteiger partial charge in [-0.15, -0.1) is 0 Å². The third-order valence-corrected chi connectivity index (χ3v) is 5.27. The number of hydrogen-bond acceptors (Lipinski definition) is 4. The van der Waals surface area contributed by atoms with Crippen LogP contribution in [0.1, 0.15) is 24.2 Å². The van der Waals surface area contributed by atoms with E-state index in [0.717, 1.165) is 10.2 Å². The molecular weight excluding hydrogens is 424 g/mol. The molecule has 1 aliphatic rings. The molecule has 0 spiro atoms. The number of hydrogen-bond donors (Lipinski definition) is 1. The van der Waals surface area contributed by atoms with Crippen molar-refractivity contribution in [1.82, 2.24) is 4.90 Å². The predicted octanol–water partition coefficient (Wildman–Crippen LogP) is 3.65. The zero-order chi connectivity index (χ0) is 20.3. The number of nitrogens with zero attached hydrogens (tertiary/aromatic N) is 2. The molecule has 0 aromatic heterocycles. The second kappa shape index (κ2) is 8.22. The fourth-order valence-corrected chi connectivity index (χ4v) is 3.31. The lowest BCUT2D eigenvalue weighted by Gasteiger charge is -2.37. The third kappa shape index (κ3) is 4.47. The van der Waals surface area contributed by atoms with Crippen molar-refractivity contribution < 1.29 is 19.4 Å². The summed E-state index contributed by atoms with van der Waals surface area (Å²) in [6.07, 6.45) is 0. The number of piperazine rings is 1. The summed E-state index contributed by atoms with van der Waals surface area (Å²) in [5.74, 6) is -0.474. The molecule has 2 aromatic carbocycles. The van der Waals surface area contributed by atoms with Crippen molar-refractivity contribution in [3.05, 3.63) is 58.6 Å². The highest BCUT2D eigenvalue weighted by molar-refractivity contribution is 9.10. The Morgan fingerprint density at radius 1 is 1.00 bits per heavy atom. The van der Waals surface area contributed by atoms with Gasteiger partial charge in [-0.05, 0) is 50.2 Å². The maximum absolute atomic E-state index is 12.7. The van der Waals surface area contributed by atoms with E-state index in [0.29, 0.717) is 37.5 Å². The Labute approximate surface area is 172 Å². The summed E-state index contributed by atoms with van der Waals surface area (Å²) in [5.41, 5.74) is 0.186. The van der Waals surface area contributed by atoms with Crippen molar-refractivity contribution >= 4 is 33.5 Å². The largest absolute Gasteiger partial charge is 0.478 e. The molecule has 7 heteroatoms. The Morgan fingerprint density at radius 2 is 1.61 bits per heavy atom. The molecule has 0 aliphatic carbocycles. The topological polar surface area (TPSA) is 70.1 Å². The SMILES string of the molecule is CC(C)(Oc1ccccc1N1CCN(C(=O)c2ccc(Br)cc2)CC1)C(=O)O. The first-order valence-electron chi connectivity index (χ1n) is 9.09. The smallest absolute Gasteiger partial charge is 0.347 e. The maximum atomic E-state index is 12.7. The van der Waals surface area contributed by atoms with Crippen LogP contribution in [0.4, 0.5) is 5.69 Å². The van der Waals surface area contributed by atoms with Crippen LogP contribution < -0.4 is 9.64 Å². The van der Waals surface area contributed by atoms with Gasteiger partial charge in [0.15, 0.2) is 5.60 Å². The summed E-state index contributed by atoms with van der Waals surface area (Å²) in [5, 5.41) is 9.34. The first-order chi connectivity index (χ1) is 13.3. The summed E-state index contributed by atoms with van der Waals surface area (Å²) in [4.78, 5) is 28.0. The molecule has 0 atom stereocenters. The highest BCUT2D eigenvalue weighted by Gasteiger charge is 2.31.